The second kappa shape index (κ2) is 10.7. The van der Waals surface area contributed by atoms with Crippen LogP contribution < -0.4 is 5.73 Å². The Bertz CT molecular complexity index is 921. The number of hydrogen-bond acceptors (Lipinski definition) is 4. The second-order valence-electron chi connectivity index (χ2n) is 5.99. The van der Waals surface area contributed by atoms with E-state index in [1.54, 1.807) is 18.2 Å². The second-order valence-corrected chi connectivity index (χ2v) is 6.83. The number of nitrogens with two attached hydrogens (primary N) is 1. The van der Waals surface area contributed by atoms with Gasteiger partial charge in [-0.15, -0.1) is 0 Å². The lowest BCUT2D eigenvalue weighted by atomic mass is 9.99. The van der Waals surface area contributed by atoms with Crippen LogP contribution >= 0.6 is 23.2 Å². The summed E-state index contributed by atoms with van der Waals surface area (Å²) in [5.74, 6) is -14.0. The lowest BCUT2D eigenvalue weighted by Crippen LogP contribution is -2.55. The predicted molar refractivity (Wildman–Crippen MR) is 102 cm³/mol. The maximum Gasteiger partial charge on any atom is 0.382 e. The zero-order valence-electron chi connectivity index (χ0n) is 15.3. The fraction of sp³-hybridized carbons (Fsp3) is 0.222. The Morgan fingerprint density at radius 3 is 2.00 bits per heavy atom. The Labute approximate surface area is 182 Å². The van der Waals surface area contributed by atoms with Crippen LogP contribution in [0.3, 0.4) is 0 Å². The van der Waals surface area contributed by atoms with Gasteiger partial charge < -0.3 is 15.9 Å². The highest BCUT2D eigenvalue weighted by molar-refractivity contribution is 6.35. The van der Waals surface area contributed by atoms with E-state index in [0.717, 1.165) is 12.1 Å². The Morgan fingerprint density at radius 2 is 1.58 bits per heavy atom. The van der Waals surface area contributed by atoms with E-state index in [4.69, 9.17) is 39.1 Å². The van der Waals surface area contributed by atoms with Gasteiger partial charge in [0.15, 0.2) is 0 Å². The molecule has 13 heteroatoms. The third-order valence-electron chi connectivity index (χ3n) is 3.84. The molecule has 0 radical (unpaired) electrons. The molecular weight excluding hydrogens is 474 g/mol. The molecule has 0 aliphatic heterocycles. The smallest absolute Gasteiger partial charge is 0.382 e. The van der Waals surface area contributed by atoms with E-state index in [2.05, 4.69) is 0 Å². The largest absolute Gasteiger partial charge is 0.480 e. The van der Waals surface area contributed by atoms with Crippen LogP contribution in [0.5, 0.6) is 0 Å². The van der Waals surface area contributed by atoms with Gasteiger partial charge >= 0.3 is 23.7 Å². The van der Waals surface area contributed by atoms with E-state index >= 15 is 0 Å². The molecule has 2 aromatic rings. The van der Waals surface area contributed by atoms with E-state index in [1.807, 2.05) is 0 Å². The molecule has 2 rings (SSSR count). The molecule has 0 unspecified atom stereocenters. The van der Waals surface area contributed by atoms with Gasteiger partial charge in [-0.1, -0.05) is 68.6 Å². The monoisotopic (exact) mass is 488 g/mol. The molecule has 6 nitrogen and oxygen atoms in total. The van der Waals surface area contributed by atoms with Crippen molar-refractivity contribution in [3.8, 4) is 0 Å². The summed E-state index contributed by atoms with van der Waals surface area (Å²) < 4.78 is 64.4. The number of alkyl halides is 3. The summed E-state index contributed by atoms with van der Waals surface area (Å²) in [7, 11) is 0. The number of nitrogens with zero attached hydrogens (tertiary/aromatic N) is 1. The molecule has 2 atom stereocenters. The highest BCUT2D eigenvalue weighted by atomic mass is 35.5. The number of aliphatic carboxylic acids is 2. The summed E-state index contributed by atoms with van der Waals surface area (Å²) in [6.45, 7) is 0. The Morgan fingerprint density at radius 1 is 1.03 bits per heavy atom. The van der Waals surface area contributed by atoms with E-state index in [9.17, 15) is 31.7 Å². The van der Waals surface area contributed by atoms with Crippen molar-refractivity contribution in [1.29, 1.82) is 0 Å². The van der Waals surface area contributed by atoms with Crippen molar-refractivity contribution in [2.24, 2.45) is 5.73 Å². The standard InChI is InChI=1S/C9H9Cl2NO2.C9H6F5NO2/c10-6-2-1-5(7(11)4-6)3-8(12)9(13)14;10-8(11,6-4-2-1-3-5-6)9(12,7(16)17)15(13)14/h1-2,4,8H,3,12H2,(H,13,14);1-5H,(H,16,17)/t8-;9-/m01/s1. The highest BCUT2D eigenvalue weighted by Gasteiger charge is 2.68. The van der Waals surface area contributed by atoms with Crippen LogP contribution in [-0.4, -0.2) is 39.3 Å². The Kier molecular flexibility index (Phi) is 9.18. The number of halogens is 7. The zero-order valence-corrected chi connectivity index (χ0v) is 16.8. The molecule has 31 heavy (non-hydrogen) atoms. The highest BCUT2D eigenvalue weighted by Crippen LogP contribution is 2.44. The van der Waals surface area contributed by atoms with E-state index in [0.29, 0.717) is 27.7 Å². The first-order chi connectivity index (χ1) is 14.2. The molecule has 0 spiro atoms. The van der Waals surface area contributed by atoms with Crippen LogP contribution in [0.1, 0.15) is 11.1 Å². The number of benzene rings is 2. The average Bonchev–Trinajstić information content (AvgIpc) is 2.69. The lowest BCUT2D eigenvalue weighted by Gasteiger charge is -2.29. The van der Waals surface area contributed by atoms with E-state index in [-0.39, 0.29) is 6.42 Å². The van der Waals surface area contributed by atoms with Crippen LogP contribution in [0.2, 0.25) is 10.0 Å². The molecule has 4 N–H and O–H groups in total. The van der Waals surface area contributed by atoms with Gasteiger partial charge in [0.2, 0.25) is 0 Å². The van der Waals surface area contributed by atoms with E-state index < -0.39 is 40.6 Å². The van der Waals surface area contributed by atoms with Gasteiger partial charge in [0, 0.05) is 15.6 Å². The third-order valence-corrected chi connectivity index (χ3v) is 4.43. The van der Waals surface area contributed by atoms with Crippen molar-refractivity contribution in [3.63, 3.8) is 0 Å². The summed E-state index contributed by atoms with van der Waals surface area (Å²) in [5.41, 5.74) is 4.89. The van der Waals surface area contributed by atoms with Crippen molar-refractivity contribution < 1.29 is 41.9 Å². The quantitative estimate of drug-likeness (QED) is 0.300. The minimum Gasteiger partial charge on any atom is -0.480 e. The van der Waals surface area contributed by atoms with Gasteiger partial charge in [0.25, 0.3) is 0 Å². The lowest BCUT2D eigenvalue weighted by molar-refractivity contribution is -0.339. The molecule has 2 aromatic carbocycles. The minimum absolute atomic E-state index is 0.200. The molecule has 0 heterocycles. The van der Waals surface area contributed by atoms with Gasteiger partial charge in [-0.2, -0.15) is 8.78 Å². The van der Waals surface area contributed by atoms with Crippen molar-refractivity contribution in [2.75, 3.05) is 0 Å². The molecule has 0 saturated carbocycles. The molecule has 0 aromatic heterocycles. The fourth-order valence-corrected chi connectivity index (χ4v) is 2.65. The SMILES string of the molecule is N[C@@H](Cc1ccc(Cl)cc1Cl)C(=O)O.O=C(O)[C@@](F)(N(F)F)C(F)(F)c1ccccc1. The molecule has 0 bridgehead atoms. The van der Waals surface area contributed by atoms with Gasteiger partial charge in [-0.3, -0.25) is 4.79 Å². The number of rotatable bonds is 7. The molecule has 0 aliphatic carbocycles. The number of carboxylic acids is 2. The van der Waals surface area contributed by atoms with E-state index in [1.165, 1.54) is 6.07 Å². The normalized spacial score (nSPS) is 14.2. The summed E-state index contributed by atoms with van der Waals surface area (Å²) in [5, 5.41) is 15.1. The molecule has 170 valence electrons. The predicted octanol–water partition coefficient (Wildman–Crippen LogP) is 4.55. The third kappa shape index (κ3) is 6.26. The number of hydrogen-bond donors (Lipinski definition) is 3. The maximum atomic E-state index is 13.4. The number of carbonyl (C=O) groups is 2. The van der Waals surface area contributed by atoms with Crippen molar-refractivity contribution in [1.82, 2.24) is 5.34 Å². The number of carboxylic acid groups (broad SMARTS) is 2. The molecule has 0 fully saturated rings. The first-order valence-corrected chi connectivity index (χ1v) is 8.90. The summed E-state index contributed by atoms with van der Waals surface area (Å²) in [6.07, 6.45) is 0.200. The molecule has 0 amide bonds. The van der Waals surface area contributed by atoms with Crippen LogP contribution in [0.25, 0.3) is 0 Å². The van der Waals surface area contributed by atoms with Gasteiger partial charge in [-0.25, -0.2) is 9.18 Å². The Balaban J connectivity index is 0.000000316. The first kappa shape index (κ1) is 26.6. The van der Waals surface area contributed by atoms with Crippen LogP contribution in [0.15, 0.2) is 48.5 Å². The summed E-state index contributed by atoms with van der Waals surface area (Å²) in [4.78, 5) is 20.8. The zero-order chi connectivity index (χ0) is 24.0. The van der Waals surface area contributed by atoms with Crippen LogP contribution in [0, 0.1) is 0 Å². The van der Waals surface area contributed by atoms with Gasteiger partial charge in [0.1, 0.15) is 6.04 Å². The van der Waals surface area contributed by atoms with Crippen molar-refractivity contribution in [3.05, 3.63) is 69.7 Å². The van der Waals surface area contributed by atoms with Crippen molar-refractivity contribution >= 4 is 35.1 Å². The summed E-state index contributed by atoms with van der Waals surface area (Å²) in [6, 6.07) is 8.65. The first-order valence-electron chi connectivity index (χ1n) is 8.14. The van der Waals surface area contributed by atoms with Gasteiger partial charge in [0.05, 0.1) is 5.34 Å². The van der Waals surface area contributed by atoms with Crippen LogP contribution in [-0.2, 0) is 21.9 Å². The topological polar surface area (TPSA) is 104 Å². The molecular formula is C18H15Cl2F5N2O4. The maximum absolute atomic E-state index is 13.4. The fourth-order valence-electron chi connectivity index (χ4n) is 2.16. The van der Waals surface area contributed by atoms with Crippen molar-refractivity contribution in [2.45, 2.75) is 24.2 Å². The Hall–Kier alpha value is -2.47. The average molecular weight is 489 g/mol. The minimum atomic E-state index is -5.12. The van der Waals surface area contributed by atoms with Gasteiger partial charge in [-0.05, 0) is 24.1 Å². The van der Waals surface area contributed by atoms with Crippen LogP contribution in [0.4, 0.5) is 22.1 Å². The molecule has 0 aliphatic rings. The summed E-state index contributed by atoms with van der Waals surface area (Å²) >= 11 is 11.5. The molecule has 0 saturated heterocycles.